The Bertz CT molecular complexity index is 341. The quantitative estimate of drug-likeness (QED) is 0.678. The molecule has 1 aromatic carbocycles. The lowest BCUT2D eigenvalue weighted by atomic mass is 10.3. The van der Waals surface area contributed by atoms with Gasteiger partial charge in [-0.05, 0) is 12.1 Å². The van der Waals surface area contributed by atoms with E-state index in [1.165, 1.54) is 0 Å². The van der Waals surface area contributed by atoms with Crippen molar-refractivity contribution >= 4 is 0 Å². The highest BCUT2D eigenvalue weighted by Crippen LogP contribution is 2.08. The number of hydrogen-bond donors (Lipinski definition) is 1. The first-order valence-corrected chi connectivity index (χ1v) is 6.06. The van der Waals surface area contributed by atoms with Gasteiger partial charge in [0.05, 0.1) is 0 Å². The van der Waals surface area contributed by atoms with E-state index >= 15 is 0 Å². The van der Waals surface area contributed by atoms with Crippen molar-refractivity contribution in [2.24, 2.45) is 0 Å². The molecule has 1 rings (SSSR count). The molecule has 18 heavy (non-hydrogen) atoms. The van der Waals surface area contributed by atoms with Crippen molar-refractivity contribution in [2.75, 3.05) is 26.2 Å². The van der Waals surface area contributed by atoms with Crippen LogP contribution in [0.25, 0.3) is 0 Å². The Labute approximate surface area is 109 Å². The molecule has 1 unspecified atom stereocenters. The molecule has 1 N–H and O–H groups in total. The summed E-state index contributed by atoms with van der Waals surface area (Å²) in [7, 11) is 0. The maximum absolute atomic E-state index is 9.90. The van der Waals surface area contributed by atoms with E-state index in [1.807, 2.05) is 42.5 Å². The van der Waals surface area contributed by atoms with Crippen LogP contribution in [0.4, 0.5) is 0 Å². The lowest BCUT2D eigenvalue weighted by Gasteiger charge is -2.22. The van der Waals surface area contributed by atoms with E-state index in [9.17, 15) is 5.11 Å². The van der Waals surface area contributed by atoms with Gasteiger partial charge in [0.1, 0.15) is 18.5 Å². The van der Waals surface area contributed by atoms with Gasteiger partial charge in [-0.25, -0.2) is 0 Å². The Hall–Kier alpha value is -1.58. The fourth-order valence-electron chi connectivity index (χ4n) is 1.65. The molecule has 0 aliphatic heterocycles. The summed E-state index contributed by atoms with van der Waals surface area (Å²) in [6.45, 7) is 9.68. The molecule has 0 aliphatic rings. The average Bonchev–Trinajstić information content (AvgIpc) is 2.38. The summed E-state index contributed by atoms with van der Waals surface area (Å²) in [5, 5.41) is 9.90. The van der Waals surface area contributed by atoms with Gasteiger partial charge in [0.25, 0.3) is 0 Å². The van der Waals surface area contributed by atoms with Gasteiger partial charge >= 0.3 is 0 Å². The lowest BCUT2D eigenvalue weighted by molar-refractivity contribution is 0.0755. The molecular formula is C15H21NO2. The van der Waals surface area contributed by atoms with Crippen molar-refractivity contribution in [1.29, 1.82) is 0 Å². The first kappa shape index (κ1) is 14.5. The highest BCUT2D eigenvalue weighted by atomic mass is 16.5. The minimum Gasteiger partial charge on any atom is -0.491 e. The van der Waals surface area contributed by atoms with Crippen LogP contribution in [0.1, 0.15) is 0 Å². The normalized spacial score (nSPS) is 12.1. The second-order valence-corrected chi connectivity index (χ2v) is 4.07. The average molecular weight is 247 g/mol. The molecule has 98 valence electrons. The molecule has 0 saturated heterocycles. The van der Waals surface area contributed by atoms with E-state index in [0.717, 1.165) is 18.8 Å². The van der Waals surface area contributed by atoms with Crippen molar-refractivity contribution in [1.82, 2.24) is 4.90 Å². The molecule has 0 spiro atoms. The zero-order valence-electron chi connectivity index (χ0n) is 10.7. The molecule has 0 amide bonds. The largest absolute Gasteiger partial charge is 0.491 e. The first-order chi connectivity index (χ1) is 8.76. The van der Waals surface area contributed by atoms with E-state index < -0.39 is 6.10 Å². The van der Waals surface area contributed by atoms with E-state index in [-0.39, 0.29) is 6.61 Å². The Morgan fingerprint density at radius 1 is 1.17 bits per heavy atom. The number of hydrogen-bond acceptors (Lipinski definition) is 3. The summed E-state index contributed by atoms with van der Waals surface area (Å²) in [5.41, 5.74) is 0. The fraction of sp³-hybridized carbons (Fsp3) is 0.333. The Morgan fingerprint density at radius 2 is 1.78 bits per heavy atom. The predicted molar refractivity (Wildman–Crippen MR) is 74.8 cm³/mol. The molecule has 0 aromatic heterocycles. The van der Waals surface area contributed by atoms with Crippen molar-refractivity contribution in [3.63, 3.8) is 0 Å². The van der Waals surface area contributed by atoms with Gasteiger partial charge in [-0.1, -0.05) is 30.4 Å². The van der Waals surface area contributed by atoms with Gasteiger partial charge in [0.15, 0.2) is 0 Å². The van der Waals surface area contributed by atoms with Crippen LogP contribution >= 0.6 is 0 Å². The van der Waals surface area contributed by atoms with Crippen LogP contribution in [0.3, 0.4) is 0 Å². The highest BCUT2D eigenvalue weighted by Gasteiger charge is 2.10. The Kier molecular flexibility index (Phi) is 6.84. The van der Waals surface area contributed by atoms with Crippen LogP contribution < -0.4 is 4.74 Å². The number of rotatable bonds is 9. The Morgan fingerprint density at radius 3 is 2.33 bits per heavy atom. The van der Waals surface area contributed by atoms with Crippen molar-refractivity contribution in [2.45, 2.75) is 6.10 Å². The molecule has 0 radical (unpaired) electrons. The summed E-state index contributed by atoms with van der Waals surface area (Å²) in [6.07, 6.45) is 3.10. The second-order valence-electron chi connectivity index (χ2n) is 4.07. The summed E-state index contributed by atoms with van der Waals surface area (Å²) in [6, 6.07) is 9.49. The van der Waals surface area contributed by atoms with E-state index in [1.54, 1.807) is 0 Å². The third-order valence-electron chi connectivity index (χ3n) is 2.43. The monoisotopic (exact) mass is 247 g/mol. The number of aliphatic hydroxyl groups is 1. The van der Waals surface area contributed by atoms with Crippen LogP contribution in [-0.4, -0.2) is 42.4 Å². The standard InChI is InChI=1S/C15H21NO2/c1-3-10-16(11-4-2)12-14(17)13-18-15-8-6-5-7-9-15/h3-9,14,17H,1-2,10-13H2. The van der Waals surface area contributed by atoms with E-state index in [0.29, 0.717) is 6.54 Å². The molecule has 0 aliphatic carbocycles. The molecule has 3 heteroatoms. The molecule has 1 atom stereocenters. The van der Waals surface area contributed by atoms with Gasteiger partial charge in [-0.2, -0.15) is 0 Å². The smallest absolute Gasteiger partial charge is 0.119 e. The number of para-hydroxylation sites is 1. The number of benzene rings is 1. The van der Waals surface area contributed by atoms with Crippen LogP contribution in [-0.2, 0) is 0 Å². The van der Waals surface area contributed by atoms with Gasteiger partial charge in [0, 0.05) is 19.6 Å². The van der Waals surface area contributed by atoms with Crippen molar-refractivity contribution < 1.29 is 9.84 Å². The van der Waals surface area contributed by atoms with Crippen LogP contribution in [0, 0.1) is 0 Å². The maximum Gasteiger partial charge on any atom is 0.119 e. The minimum absolute atomic E-state index is 0.287. The topological polar surface area (TPSA) is 32.7 Å². The molecule has 0 bridgehead atoms. The summed E-state index contributed by atoms with van der Waals surface area (Å²) in [5.74, 6) is 0.774. The van der Waals surface area contributed by atoms with Crippen LogP contribution in [0.15, 0.2) is 55.6 Å². The third-order valence-corrected chi connectivity index (χ3v) is 2.43. The molecule has 0 saturated carbocycles. The maximum atomic E-state index is 9.90. The van der Waals surface area contributed by atoms with Gasteiger partial charge in [0.2, 0.25) is 0 Å². The van der Waals surface area contributed by atoms with Crippen molar-refractivity contribution in [3.05, 3.63) is 55.6 Å². The molecular weight excluding hydrogens is 226 g/mol. The summed E-state index contributed by atoms with van der Waals surface area (Å²) in [4.78, 5) is 2.05. The zero-order chi connectivity index (χ0) is 13.2. The zero-order valence-corrected chi connectivity index (χ0v) is 10.7. The molecule has 3 nitrogen and oxygen atoms in total. The fourth-order valence-corrected chi connectivity index (χ4v) is 1.65. The summed E-state index contributed by atoms with van der Waals surface area (Å²) >= 11 is 0. The van der Waals surface area contributed by atoms with E-state index in [4.69, 9.17) is 4.74 Å². The lowest BCUT2D eigenvalue weighted by Crippen LogP contribution is -2.35. The third kappa shape index (κ3) is 5.66. The molecule has 0 heterocycles. The molecule has 1 aromatic rings. The van der Waals surface area contributed by atoms with Gasteiger partial charge in [-0.3, -0.25) is 4.90 Å². The minimum atomic E-state index is -0.523. The van der Waals surface area contributed by atoms with Crippen molar-refractivity contribution in [3.8, 4) is 5.75 Å². The molecule has 0 fully saturated rings. The first-order valence-electron chi connectivity index (χ1n) is 6.06. The van der Waals surface area contributed by atoms with Gasteiger partial charge < -0.3 is 9.84 Å². The number of aliphatic hydroxyl groups excluding tert-OH is 1. The van der Waals surface area contributed by atoms with Crippen LogP contribution in [0.2, 0.25) is 0 Å². The number of ether oxygens (including phenoxy) is 1. The van der Waals surface area contributed by atoms with Crippen LogP contribution in [0.5, 0.6) is 5.75 Å². The predicted octanol–water partition coefficient (Wildman–Crippen LogP) is 2.10. The summed E-state index contributed by atoms with van der Waals surface area (Å²) < 4.78 is 5.50. The Balaban J connectivity index is 2.33. The SMILES string of the molecule is C=CCN(CC=C)CC(O)COc1ccccc1. The highest BCUT2D eigenvalue weighted by molar-refractivity contribution is 5.20. The number of nitrogens with zero attached hydrogens (tertiary/aromatic N) is 1. The van der Waals surface area contributed by atoms with E-state index in [2.05, 4.69) is 18.1 Å². The van der Waals surface area contributed by atoms with Gasteiger partial charge in [-0.15, -0.1) is 13.2 Å². The second kappa shape index (κ2) is 8.50.